The fourth-order valence-corrected chi connectivity index (χ4v) is 3.05. The zero-order chi connectivity index (χ0) is 15.5. The van der Waals surface area contributed by atoms with Gasteiger partial charge in [-0.3, -0.25) is 4.79 Å². The summed E-state index contributed by atoms with van der Waals surface area (Å²) >= 11 is 0. The molecule has 2 unspecified atom stereocenters. The molecule has 0 aliphatic heterocycles. The van der Waals surface area contributed by atoms with Gasteiger partial charge in [-0.05, 0) is 48.1 Å². The van der Waals surface area contributed by atoms with Gasteiger partial charge >= 0.3 is 0 Å². The summed E-state index contributed by atoms with van der Waals surface area (Å²) in [5.41, 5.74) is 3.17. The molecule has 116 valence electrons. The van der Waals surface area contributed by atoms with E-state index in [1.165, 1.54) is 5.56 Å². The molecule has 0 spiro atoms. The number of benzene rings is 1. The maximum Gasteiger partial charge on any atom is 0.220 e. The van der Waals surface area contributed by atoms with Gasteiger partial charge < -0.3 is 14.8 Å². The van der Waals surface area contributed by atoms with Crippen molar-refractivity contribution in [1.29, 1.82) is 0 Å². The van der Waals surface area contributed by atoms with Crippen molar-refractivity contribution in [2.24, 2.45) is 0 Å². The number of carbonyl (C=O) groups is 1. The van der Waals surface area contributed by atoms with Crippen LogP contribution in [0.15, 0.2) is 41.0 Å². The smallest absolute Gasteiger partial charge is 0.220 e. The van der Waals surface area contributed by atoms with Crippen LogP contribution in [0.5, 0.6) is 0 Å². The van der Waals surface area contributed by atoms with Gasteiger partial charge in [0.25, 0.3) is 0 Å². The number of aliphatic hydroxyl groups is 1. The monoisotopic (exact) mass is 299 g/mol. The van der Waals surface area contributed by atoms with Gasteiger partial charge in [0.1, 0.15) is 11.9 Å². The van der Waals surface area contributed by atoms with Crippen molar-refractivity contribution in [3.8, 4) is 0 Å². The van der Waals surface area contributed by atoms with Crippen molar-refractivity contribution >= 4 is 5.91 Å². The molecule has 0 saturated heterocycles. The zero-order valence-electron chi connectivity index (χ0n) is 12.7. The predicted molar refractivity (Wildman–Crippen MR) is 83.3 cm³/mol. The zero-order valence-corrected chi connectivity index (χ0v) is 12.7. The summed E-state index contributed by atoms with van der Waals surface area (Å²) in [5.74, 6) is 0.597. The number of furan rings is 1. The maximum atomic E-state index is 11.7. The van der Waals surface area contributed by atoms with Gasteiger partial charge in [-0.25, -0.2) is 0 Å². The van der Waals surface area contributed by atoms with Gasteiger partial charge in [0.2, 0.25) is 5.91 Å². The Morgan fingerprint density at radius 1 is 1.45 bits per heavy atom. The Kier molecular flexibility index (Phi) is 4.29. The second kappa shape index (κ2) is 6.36. The Hall–Kier alpha value is -2.07. The molecule has 4 nitrogen and oxygen atoms in total. The highest BCUT2D eigenvalue weighted by Crippen LogP contribution is 2.33. The third-order valence-corrected chi connectivity index (χ3v) is 4.27. The van der Waals surface area contributed by atoms with Crippen LogP contribution < -0.4 is 5.32 Å². The first-order chi connectivity index (χ1) is 10.7. The van der Waals surface area contributed by atoms with Crippen LogP contribution in [-0.4, -0.2) is 11.0 Å². The molecule has 0 radical (unpaired) electrons. The van der Waals surface area contributed by atoms with Crippen LogP contribution >= 0.6 is 0 Å². The Labute approximate surface area is 130 Å². The van der Waals surface area contributed by atoms with E-state index in [0.717, 1.165) is 30.4 Å². The highest BCUT2D eigenvalue weighted by molar-refractivity contribution is 5.76. The number of aliphatic hydroxyl groups excluding tert-OH is 1. The largest absolute Gasteiger partial charge is 0.466 e. The lowest BCUT2D eigenvalue weighted by Crippen LogP contribution is -2.30. The summed E-state index contributed by atoms with van der Waals surface area (Å²) < 4.78 is 5.28. The molecule has 2 N–H and O–H groups in total. The molecule has 1 aromatic carbocycles. The molecule has 4 heteroatoms. The molecular formula is C18H21NO3. The van der Waals surface area contributed by atoms with Crippen molar-refractivity contribution < 1.29 is 14.3 Å². The van der Waals surface area contributed by atoms with Crippen molar-refractivity contribution in [3.05, 3.63) is 59.0 Å². The van der Waals surface area contributed by atoms with Crippen molar-refractivity contribution in [3.63, 3.8) is 0 Å². The highest BCUT2D eigenvalue weighted by Gasteiger charge is 2.23. The molecule has 1 heterocycles. The summed E-state index contributed by atoms with van der Waals surface area (Å²) in [6.45, 7) is 1.86. The number of hydrogen-bond donors (Lipinski definition) is 2. The Morgan fingerprint density at radius 2 is 2.32 bits per heavy atom. The number of hydrogen-bond acceptors (Lipinski definition) is 3. The van der Waals surface area contributed by atoms with E-state index in [-0.39, 0.29) is 11.9 Å². The first kappa shape index (κ1) is 14.9. The SMILES string of the molecule is CCC(=O)NC1CCCc2ccc(C(O)c3ccco3)cc21. The van der Waals surface area contributed by atoms with Crippen LogP contribution in [0.2, 0.25) is 0 Å². The Balaban J connectivity index is 1.90. The number of fused-ring (bicyclic) bond motifs is 1. The molecule has 2 aromatic rings. The van der Waals surface area contributed by atoms with Crippen LogP contribution in [0.25, 0.3) is 0 Å². The van der Waals surface area contributed by atoms with Gasteiger partial charge in [0.05, 0.1) is 12.3 Å². The first-order valence-electron chi connectivity index (χ1n) is 7.82. The maximum absolute atomic E-state index is 11.7. The van der Waals surface area contributed by atoms with Gasteiger partial charge in [0, 0.05) is 6.42 Å². The van der Waals surface area contributed by atoms with Crippen LogP contribution in [0, 0.1) is 0 Å². The molecule has 2 atom stereocenters. The third-order valence-electron chi connectivity index (χ3n) is 4.27. The van der Waals surface area contributed by atoms with E-state index in [1.807, 2.05) is 19.1 Å². The number of rotatable bonds is 4. The lowest BCUT2D eigenvalue weighted by molar-refractivity contribution is -0.121. The molecular weight excluding hydrogens is 278 g/mol. The van der Waals surface area contributed by atoms with E-state index in [4.69, 9.17) is 4.42 Å². The standard InChI is InChI=1S/C18H21NO3/c1-2-17(20)19-15-6-3-5-12-8-9-13(11-14(12)15)18(21)16-7-4-10-22-16/h4,7-11,15,18,21H,2-3,5-6H2,1H3,(H,19,20). The molecule has 1 aromatic heterocycles. The molecule has 1 amide bonds. The van der Waals surface area contributed by atoms with Crippen LogP contribution in [-0.2, 0) is 11.2 Å². The van der Waals surface area contributed by atoms with Gasteiger partial charge in [0.15, 0.2) is 0 Å². The minimum atomic E-state index is -0.773. The highest BCUT2D eigenvalue weighted by atomic mass is 16.4. The quantitative estimate of drug-likeness (QED) is 0.911. The minimum Gasteiger partial charge on any atom is -0.466 e. The average molecular weight is 299 g/mol. The van der Waals surface area contributed by atoms with Crippen LogP contribution in [0.3, 0.4) is 0 Å². The molecule has 22 heavy (non-hydrogen) atoms. The van der Waals surface area contributed by atoms with E-state index in [1.54, 1.807) is 18.4 Å². The predicted octanol–water partition coefficient (Wildman–Crippen LogP) is 3.26. The second-order valence-electron chi connectivity index (χ2n) is 5.74. The fourth-order valence-electron chi connectivity index (χ4n) is 3.05. The number of amides is 1. The molecule has 0 fully saturated rings. The molecule has 1 aliphatic rings. The summed E-state index contributed by atoms with van der Waals surface area (Å²) in [5, 5.41) is 13.5. The summed E-state index contributed by atoms with van der Waals surface area (Å²) in [7, 11) is 0. The summed E-state index contributed by atoms with van der Waals surface area (Å²) in [4.78, 5) is 11.7. The fraction of sp³-hybridized carbons (Fsp3) is 0.389. The normalized spacial score (nSPS) is 18.5. The van der Waals surface area contributed by atoms with E-state index < -0.39 is 6.10 Å². The average Bonchev–Trinajstić information content (AvgIpc) is 3.08. The van der Waals surface area contributed by atoms with Gasteiger partial charge in [-0.2, -0.15) is 0 Å². The molecule has 3 rings (SSSR count). The first-order valence-corrected chi connectivity index (χ1v) is 7.82. The van der Waals surface area contributed by atoms with Crippen LogP contribution in [0.4, 0.5) is 0 Å². The van der Waals surface area contributed by atoms with Crippen molar-refractivity contribution in [2.75, 3.05) is 0 Å². The van der Waals surface area contributed by atoms with E-state index >= 15 is 0 Å². The van der Waals surface area contributed by atoms with E-state index in [0.29, 0.717) is 12.2 Å². The Bertz CT molecular complexity index is 648. The summed E-state index contributed by atoms with van der Waals surface area (Å²) in [6.07, 6.45) is 4.30. The van der Waals surface area contributed by atoms with E-state index in [2.05, 4.69) is 11.4 Å². The summed E-state index contributed by atoms with van der Waals surface area (Å²) in [6, 6.07) is 9.57. The molecule has 1 aliphatic carbocycles. The van der Waals surface area contributed by atoms with Gasteiger partial charge in [-0.15, -0.1) is 0 Å². The lowest BCUT2D eigenvalue weighted by atomic mass is 9.85. The van der Waals surface area contributed by atoms with Gasteiger partial charge in [-0.1, -0.05) is 25.1 Å². The Morgan fingerprint density at radius 3 is 3.05 bits per heavy atom. The number of nitrogens with one attached hydrogen (secondary N) is 1. The number of carbonyl (C=O) groups excluding carboxylic acids is 1. The topological polar surface area (TPSA) is 62.5 Å². The molecule has 0 saturated carbocycles. The lowest BCUT2D eigenvalue weighted by Gasteiger charge is -2.27. The van der Waals surface area contributed by atoms with Crippen LogP contribution in [0.1, 0.15) is 60.8 Å². The van der Waals surface area contributed by atoms with Crippen molar-refractivity contribution in [2.45, 2.75) is 44.8 Å². The minimum absolute atomic E-state index is 0.0416. The second-order valence-corrected chi connectivity index (χ2v) is 5.74. The molecule has 0 bridgehead atoms. The van der Waals surface area contributed by atoms with E-state index in [9.17, 15) is 9.90 Å². The third kappa shape index (κ3) is 2.92. The van der Waals surface area contributed by atoms with Crippen molar-refractivity contribution in [1.82, 2.24) is 5.32 Å². The number of aryl methyl sites for hydroxylation is 1.